The molecule has 0 saturated carbocycles. The summed E-state index contributed by atoms with van der Waals surface area (Å²) in [5, 5.41) is 0.728. The molecule has 5 rings (SSSR count). The molecule has 1 atom stereocenters. The number of piperidine rings is 1. The van der Waals surface area contributed by atoms with Crippen LogP contribution >= 0.6 is 0 Å². The Labute approximate surface area is 199 Å². The summed E-state index contributed by atoms with van der Waals surface area (Å²) < 4.78 is 5.34. The molecule has 1 aliphatic rings. The van der Waals surface area contributed by atoms with Crippen molar-refractivity contribution < 1.29 is 4.74 Å². The van der Waals surface area contributed by atoms with Crippen molar-refractivity contribution in [2.75, 3.05) is 25.1 Å². The Kier molecular flexibility index (Phi) is 6.53. The third-order valence-corrected chi connectivity index (χ3v) is 6.56. The van der Waals surface area contributed by atoms with Crippen molar-refractivity contribution in [3.63, 3.8) is 0 Å². The molecular formula is C27H29N5O2. The number of hydrogen-bond donors (Lipinski definition) is 1. The van der Waals surface area contributed by atoms with Crippen LogP contribution in [-0.2, 0) is 13.1 Å². The average molecular weight is 456 g/mol. The van der Waals surface area contributed by atoms with E-state index in [1.54, 1.807) is 19.5 Å². The van der Waals surface area contributed by atoms with E-state index in [1.807, 2.05) is 54.9 Å². The molecule has 1 N–H and O–H groups in total. The van der Waals surface area contributed by atoms with Gasteiger partial charge in [-0.05, 0) is 48.7 Å². The first-order valence-electron chi connectivity index (χ1n) is 11.7. The summed E-state index contributed by atoms with van der Waals surface area (Å²) in [5.41, 5.74) is 3.98. The Morgan fingerprint density at radius 2 is 2.06 bits per heavy atom. The largest absolute Gasteiger partial charge is 0.481 e. The van der Waals surface area contributed by atoms with Gasteiger partial charge in [-0.2, -0.15) is 0 Å². The topological polar surface area (TPSA) is 74.3 Å². The molecular weight excluding hydrogens is 426 g/mol. The molecule has 0 spiro atoms. The van der Waals surface area contributed by atoms with Gasteiger partial charge in [-0.25, -0.2) is 4.98 Å². The van der Waals surface area contributed by atoms with Crippen molar-refractivity contribution in [3.8, 4) is 5.88 Å². The smallest absolute Gasteiger partial charge is 0.213 e. The van der Waals surface area contributed by atoms with Gasteiger partial charge in [-0.15, -0.1) is 0 Å². The third-order valence-electron chi connectivity index (χ3n) is 6.56. The van der Waals surface area contributed by atoms with Crippen LogP contribution in [-0.4, -0.2) is 46.1 Å². The lowest BCUT2D eigenvalue weighted by Crippen LogP contribution is -2.48. The Balaban J connectivity index is 1.45. The van der Waals surface area contributed by atoms with Gasteiger partial charge in [0.1, 0.15) is 0 Å². The van der Waals surface area contributed by atoms with Crippen molar-refractivity contribution in [1.82, 2.24) is 19.9 Å². The zero-order valence-corrected chi connectivity index (χ0v) is 19.4. The summed E-state index contributed by atoms with van der Waals surface area (Å²) in [6.07, 6.45) is 9.54. The highest BCUT2D eigenvalue weighted by molar-refractivity contribution is 5.78. The molecule has 1 aromatic carbocycles. The lowest BCUT2D eigenvalue weighted by Gasteiger charge is -2.40. The summed E-state index contributed by atoms with van der Waals surface area (Å²) in [4.78, 5) is 30.0. The fraction of sp³-hybridized carbons (Fsp3) is 0.296. The summed E-state index contributed by atoms with van der Waals surface area (Å²) in [5.74, 6) is 0.599. The van der Waals surface area contributed by atoms with Crippen LogP contribution in [0.3, 0.4) is 0 Å². The van der Waals surface area contributed by atoms with Gasteiger partial charge >= 0.3 is 0 Å². The Hall–Kier alpha value is -3.71. The summed E-state index contributed by atoms with van der Waals surface area (Å²) in [6, 6.07) is 16.1. The van der Waals surface area contributed by atoms with E-state index in [-0.39, 0.29) is 5.43 Å². The van der Waals surface area contributed by atoms with Crippen molar-refractivity contribution in [3.05, 3.63) is 94.7 Å². The Morgan fingerprint density at radius 1 is 1.15 bits per heavy atom. The van der Waals surface area contributed by atoms with Crippen LogP contribution in [0.4, 0.5) is 5.69 Å². The molecule has 0 radical (unpaired) electrons. The number of methoxy groups -OCH3 is 1. The highest BCUT2D eigenvalue weighted by Gasteiger charge is 2.27. The van der Waals surface area contributed by atoms with Crippen LogP contribution in [0.25, 0.3) is 10.9 Å². The number of benzene rings is 1. The number of nitrogens with one attached hydrogen (secondary N) is 1. The predicted molar refractivity (Wildman–Crippen MR) is 134 cm³/mol. The number of rotatable bonds is 7. The maximum absolute atomic E-state index is 13.3. The van der Waals surface area contributed by atoms with E-state index in [4.69, 9.17) is 4.74 Å². The number of pyridine rings is 3. The average Bonchev–Trinajstić information content (AvgIpc) is 2.90. The molecule has 1 aliphatic heterocycles. The minimum absolute atomic E-state index is 0.0894. The summed E-state index contributed by atoms with van der Waals surface area (Å²) in [7, 11) is 1.63. The van der Waals surface area contributed by atoms with Crippen LogP contribution in [0.5, 0.6) is 5.88 Å². The molecule has 0 unspecified atom stereocenters. The quantitative estimate of drug-likeness (QED) is 0.454. The first kappa shape index (κ1) is 22.1. The van der Waals surface area contributed by atoms with E-state index in [0.29, 0.717) is 25.0 Å². The minimum atomic E-state index is 0.0894. The van der Waals surface area contributed by atoms with Crippen molar-refractivity contribution in [1.29, 1.82) is 0 Å². The fourth-order valence-corrected chi connectivity index (χ4v) is 4.78. The molecule has 0 aliphatic carbocycles. The molecule has 3 aromatic heterocycles. The number of fused-ring (bicyclic) bond motifs is 1. The molecule has 0 amide bonds. The van der Waals surface area contributed by atoms with Crippen LogP contribution in [0.1, 0.15) is 24.0 Å². The van der Waals surface area contributed by atoms with Gasteiger partial charge in [0, 0.05) is 73.3 Å². The number of aromatic amines is 1. The van der Waals surface area contributed by atoms with E-state index >= 15 is 0 Å². The van der Waals surface area contributed by atoms with Crippen LogP contribution < -0.4 is 15.1 Å². The number of para-hydroxylation sites is 1. The molecule has 174 valence electrons. The van der Waals surface area contributed by atoms with Crippen LogP contribution in [0, 0.1) is 0 Å². The van der Waals surface area contributed by atoms with E-state index < -0.39 is 0 Å². The van der Waals surface area contributed by atoms with Crippen LogP contribution in [0.15, 0.2) is 78.1 Å². The highest BCUT2D eigenvalue weighted by Crippen LogP contribution is 2.25. The molecule has 1 saturated heterocycles. The van der Waals surface area contributed by atoms with Gasteiger partial charge in [-0.1, -0.05) is 12.1 Å². The maximum Gasteiger partial charge on any atom is 0.213 e. The van der Waals surface area contributed by atoms with E-state index in [2.05, 4.69) is 30.8 Å². The predicted octanol–water partition coefficient (Wildman–Crippen LogP) is 4.00. The second-order valence-corrected chi connectivity index (χ2v) is 8.75. The third kappa shape index (κ3) is 4.79. The second kappa shape index (κ2) is 10.1. The van der Waals surface area contributed by atoms with Gasteiger partial charge in [-0.3, -0.25) is 14.7 Å². The van der Waals surface area contributed by atoms with Crippen LogP contribution in [0.2, 0.25) is 0 Å². The Morgan fingerprint density at radius 3 is 2.91 bits per heavy atom. The lowest BCUT2D eigenvalue weighted by molar-refractivity contribution is 0.158. The zero-order valence-electron chi connectivity index (χ0n) is 19.4. The van der Waals surface area contributed by atoms with Gasteiger partial charge in [0.2, 0.25) is 5.88 Å². The Bertz CT molecular complexity index is 1310. The lowest BCUT2D eigenvalue weighted by atomic mass is 10.0. The van der Waals surface area contributed by atoms with Crippen molar-refractivity contribution in [2.45, 2.75) is 32.0 Å². The van der Waals surface area contributed by atoms with Crippen molar-refractivity contribution in [2.24, 2.45) is 0 Å². The monoisotopic (exact) mass is 455 g/mol. The number of aromatic nitrogens is 3. The number of H-pyrrole nitrogens is 1. The molecule has 7 nitrogen and oxygen atoms in total. The SMILES string of the molecule is COc1cc(CN(Cc2c[nH]c3ccccc3c2=O)[C@H]2CCCN(c3cccnc3)C2)ccn1. The van der Waals surface area contributed by atoms with Gasteiger partial charge in [0.25, 0.3) is 0 Å². The maximum atomic E-state index is 13.3. The van der Waals surface area contributed by atoms with Gasteiger partial charge < -0.3 is 14.6 Å². The number of anilines is 1. The molecule has 4 aromatic rings. The van der Waals surface area contributed by atoms with Gasteiger partial charge in [0.05, 0.1) is 19.0 Å². The van der Waals surface area contributed by atoms with E-state index in [9.17, 15) is 4.79 Å². The van der Waals surface area contributed by atoms with Gasteiger partial charge in [0.15, 0.2) is 5.43 Å². The molecule has 34 heavy (non-hydrogen) atoms. The summed E-state index contributed by atoms with van der Waals surface area (Å²) in [6.45, 7) is 3.17. The van der Waals surface area contributed by atoms with E-state index in [0.717, 1.165) is 53.6 Å². The standard InChI is InChI=1S/C27H29N5O2/c1-34-26-14-20(10-12-29-26)17-32(18-21-15-30-25-9-3-2-8-24(25)27(21)33)23-7-5-13-31(19-23)22-6-4-11-28-16-22/h2-4,6,8-12,14-16,23H,5,7,13,17-19H2,1H3,(H,30,33)/t23-/m0/s1. The first-order chi connectivity index (χ1) is 16.7. The highest BCUT2D eigenvalue weighted by atomic mass is 16.5. The summed E-state index contributed by atoms with van der Waals surface area (Å²) >= 11 is 0. The molecule has 7 heteroatoms. The normalized spacial score (nSPS) is 16.2. The van der Waals surface area contributed by atoms with E-state index in [1.165, 1.54) is 0 Å². The number of nitrogens with zero attached hydrogens (tertiary/aromatic N) is 4. The number of ether oxygens (including phenoxy) is 1. The zero-order chi connectivity index (χ0) is 23.3. The second-order valence-electron chi connectivity index (χ2n) is 8.75. The molecule has 0 bridgehead atoms. The minimum Gasteiger partial charge on any atom is -0.481 e. The first-order valence-corrected chi connectivity index (χ1v) is 11.7. The fourth-order valence-electron chi connectivity index (χ4n) is 4.78. The van der Waals surface area contributed by atoms with Crippen molar-refractivity contribution >= 4 is 16.6 Å². The number of hydrogen-bond acceptors (Lipinski definition) is 6. The molecule has 1 fully saturated rings. The molecule has 4 heterocycles.